The molecule has 6 nitrogen and oxygen atoms in total. The van der Waals surface area contributed by atoms with Crippen LogP contribution >= 0.6 is 11.6 Å². The van der Waals surface area contributed by atoms with Crippen molar-refractivity contribution < 1.29 is 9.59 Å². The molecule has 7 heteroatoms. The van der Waals surface area contributed by atoms with Gasteiger partial charge in [0.2, 0.25) is 5.91 Å². The first-order valence-corrected chi connectivity index (χ1v) is 7.17. The molecule has 0 aliphatic heterocycles. The van der Waals surface area contributed by atoms with Crippen molar-refractivity contribution in [2.75, 3.05) is 26.7 Å². The topological polar surface area (TPSA) is 82.3 Å². The van der Waals surface area contributed by atoms with E-state index in [4.69, 9.17) is 11.6 Å². The zero-order valence-electron chi connectivity index (χ0n) is 12.0. The number of amides is 3. The summed E-state index contributed by atoms with van der Waals surface area (Å²) in [6.45, 7) is 1.78. The summed E-state index contributed by atoms with van der Waals surface area (Å²) < 4.78 is 0. The van der Waals surface area contributed by atoms with Crippen LogP contribution in [-0.2, 0) is 11.3 Å². The molecular formula is C14H21ClN4O2. The van der Waals surface area contributed by atoms with Crippen LogP contribution in [0.15, 0.2) is 24.3 Å². The molecule has 0 unspecified atom stereocenters. The zero-order chi connectivity index (χ0) is 15.5. The monoisotopic (exact) mass is 312 g/mol. The molecule has 0 fully saturated rings. The minimum atomic E-state index is -0.379. The van der Waals surface area contributed by atoms with Crippen molar-refractivity contribution in [2.45, 2.75) is 13.0 Å². The van der Waals surface area contributed by atoms with Crippen LogP contribution in [0.3, 0.4) is 0 Å². The quantitative estimate of drug-likeness (QED) is 0.538. The van der Waals surface area contributed by atoms with E-state index in [1.807, 2.05) is 19.2 Å². The van der Waals surface area contributed by atoms with E-state index in [2.05, 4.69) is 21.3 Å². The fourth-order valence-electron chi connectivity index (χ4n) is 1.56. The Bertz CT molecular complexity index is 451. The SMILES string of the molecule is CNCCCNC(=O)CNC(=O)NCc1ccc(Cl)cc1. The zero-order valence-corrected chi connectivity index (χ0v) is 12.8. The van der Waals surface area contributed by atoms with E-state index in [9.17, 15) is 9.59 Å². The minimum Gasteiger partial charge on any atom is -0.355 e. The molecular weight excluding hydrogens is 292 g/mol. The van der Waals surface area contributed by atoms with E-state index in [1.54, 1.807) is 12.1 Å². The Kier molecular flexibility index (Phi) is 8.23. The number of benzene rings is 1. The fourth-order valence-corrected chi connectivity index (χ4v) is 1.69. The molecule has 4 N–H and O–H groups in total. The average molecular weight is 313 g/mol. The predicted octanol–water partition coefficient (Wildman–Crippen LogP) is 0.865. The summed E-state index contributed by atoms with van der Waals surface area (Å²) in [5, 5.41) is 11.5. The van der Waals surface area contributed by atoms with E-state index in [0.29, 0.717) is 18.1 Å². The molecule has 0 atom stereocenters. The highest BCUT2D eigenvalue weighted by molar-refractivity contribution is 6.30. The summed E-state index contributed by atoms with van der Waals surface area (Å²) in [6, 6.07) is 6.80. The van der Waals surface area contributed by atoms with Gasteiger partial charge in [0.05, 0.1) is 6.54 Å². The van der Waals surface area contributed by atoms with Gasteiger partial charge in [0, 0.05) is 18.1 Å². The maximum atomic E-state index is 11.5. The van der Waals surface area contributed by atoms with Crippen LogP contribution in [0.4, 0.5) is 4.79 Å². The molecule has 0 saturated carbocycles. The smallest absolute Gasteiger partial charge is 0.315 e. The lowest BCUT2D eigenvalue weighted by molar-refractivity contribution is -0.120. The molecule has 3 amide bonds. The minimum absolute atomic E-state index is 0.0357. The van der Waals surface area contributed by atoms with Gasteiger partial charge < -0.3 is 21.3 Å². The van der Waals surface area contributed by atoms with Crippen molar-refractivity contribution >= 4 is 23.5 Å². The van der Waals surface area contributed by atoms with Gasteiger partial charge in [-0.3, -0.25) is 4.79 Å². The first-order chi connectivity index (χ1) is 10.1. The van der Waals surface area contributed by atoms with Crippen molar-refractivity contribution in [1.29, 1.82) is 0 Å². The summed E-state index contributed by atoms with van der Waals surface area (Å²) in [7, 11) is 1.86. The number of hydrogen-bond donors (Lipinski definition) is 4. The molecule has 1 aromatic rings. The Morgan fingerprint density at radius 3 is 2.43 bits per heavy atom. The van der Waals surface area contributed by atoms with Crippen molar-refractivity contribution in [3.63, 3.8) is 0 Å². The lowest BCUT2D eigenvalue weighted by Gasteiger charge is -2.08. The van der Waals surface area contributed by atoms with Crippen LogP contribution < -0.4 is 21.3 Å². The van der Waals surface area contributed by atoms with Crippen LogP contribution in [0.2, 0.25) is 5.02 Å². The number of nitrogens with one attached hydrogen (secondary N) is 4. The summed E-state index contributed by atoms with van der Waals surface area (Å²) in [5.41, 5.74) is 0.936. The molecule has 0 spiro atoms. The van der Waals surface area contributed by atoms with E-state index < -0.39 is 0 Å². The number of urea groups is 1. The van der Waals surface area contributed by atoms with E-state index in [1.165, 1.54) is 0 Å². The van der Waals surface area contributed by atoms with Gasteiger partial charge in [0.15, 0.2) is 0 Å². The van der Waals surface area contributed by atoms with Gasteiger partial charge in [-0.25, -0.2) is 4.79 Å². The Hall–Kier alpha value is -1.79. The second kappa shape index (κ2) is 10.0. The summed E-state index contributed by atoms with van der Waals surface area (Å²) in [6.07, 6.45) is 0.852. The van der Waals surface area contributed by atoms with Gasteiger partial charge in [-0.05, 0) is 37.7 Å². The molecule has 0 aliphatic rings. The number of carbonyl (C=O) groups excluding carboxylic acids is 2. The third kappa shape index (κ3) is 8.16. The van der Waals surface area contributed by atoms with Crippen LogP contribution in [-0.4, -0.2) is 38.6 Å². The Labute approximate surface area is 129 Å². The highest BCUT2D eigenvalue weighted by Gasteiger charge is 2.04. The average Bonchev–Trinajstić information content (AvgIpc) is 2.49. The normalized spacial score (nSPS) is 10.0. The molecule has 0 aliphatic carbocycles. The molecule has 0 saturated heterocycles. The first kappa shape index (κ1) is 17.3. The highest BCUT2D eigenvalue weighted by atomic mass is 35.5. The van der Waals surface area contributed by atoms with E-state index >= 15 is 0 Å². The summed E-state index contributed by atoms with van der Waals surface area (Å²) in [4.78, 5) is 23.0. The van der Waals surface area contributed by atoms with Crippen molar-refractivity contribution in [3.05, 3.63) is 34.9 Å². The Balaban J connectivity index is 2.13. The number of hydrogen-bond acceptors (Lipinski definition) is 3. The third-order valence-corrected chi connectivity index (χ3v) is 2.95. The van der Waals surface area contributed by atoms with Gasteiger partial charge in [-0.1, -0.05) is 23.7 Å². The molecule has 116 valence electrons. The lowest BCUT2D eigenvalue weighted by atomic mass is 10.2. The maximum absolute atomic E-state index is 11.5. The molecule has 0 aromatic heterocycles. The van der Waals surface area contributed by atoms with Crippen LogP contribution in [0.25, 0.3) is 0 Å². The number of rotatable bonds is 8. The van der Waals surface area contributed by atoms with E-state index in [-0.39, 0.29) is 18.5 Å². The molecule has 0 radical (unpaired) electrons. The second-order valence-corrected chi connectivity index (χ2v) is 4.91. The second-order valence-electron chi connectivity index (χ2n) is 4.47. The van der Waals surface area contributed by atoms with Crippen molar-refractivity contribution in [2.24, 2.45) is 0 Å². The number of halogens is 1. The Morgan fingerprint density at radius 1 is 1.05 bits per heavy atom. The van der Waals surface area contributed by atoms with Gasteiger partial charge in [0.25, 0.3) is 0 Å². The number of carbonyl (C=O) groups is 2. The predicted molar refractivity (Wildman–Crippen MR) is 83.2 cm³/mol. The maximum Gasteiger partial charge on any atom is 0.315 e. The van der Waals surface area contributed by atoms with Gasteiger partial charge in [0.1, 0.15) is 0 Å². The van der Waals surface area contributed by atoms with Crippen LogP contribution in [0.5, 0.6) is 0 Å². The largest absolute Gasteiger partial charge is 0.355 e. The standard InChI is InChI=1S/C14H21ClN4O2/c1-16-7-2-8-17-13(20)10-19-14(21)18-9-11-3-5-12(15)6-4-11/h3-6,16H,2,7-10H2,1H3,(H,17,20)(H2,18,19,21). The van der Waals surface area contributed by atoms with Crippen molar-refractivity contribution in [3.8, 4) is 0 Å². The summed E-state index contributed by atoms with van der Waals surface area (Å²) in [5.74, 6) is -0.201. The van der Waals surface area contributed by atoms with Crippen LogP contribution in [0.1, 0.15) is 12.0 Å². The molecule has 0 bridgehead atoms. The fraction of sp³-hybridized carbons (Fsp3) is 0.429. The Morgan fingerprint density at radius 2 is 1.76 bits per heavy atom. The first-order valence-electron chi connectivity index (χ1n) is 6.79. The molecule has 1 rings (SSSR count). The van der Waals surface area contributed by atoms with Crippen LogP contribution in [0, 0.1) is 0 Å². The van der Waals surface area contributed by atoms with E-state index in [0.717, 1.165) is 18.5 Å². The highest BCUT2D eigenvalue weighted by Crippen LogP contribution is 2.08. The van der Waals surface area contributed by atoms with Gasteiger partial charge >= 0.3 is 6.03 Å². The van der Waals surface area contributed by atoms with Crippen molar-refractivity contribution in [1.82, 2.24) is 21.3 Å². The van der Waals surface area contributed by atoms with Gasteiger partial charge in [-0.2, -0.15) is 0 Å². The van der Waals surface area contributed by atoms with Gasteiger partial charge in [-0.15, -0.1) is 0 Å². The summed E-state index contributed by atoms with van der Waals surface area (Å²) >= 11 is 5.77. The molecule has 1 aromatic carbocycles. The molecule has 21 heavy (non-hydrogen) atoms. The molecule has 0 heterocycles. The lowest BCUT2D eigenvalue weighted by Crippen LogP contribution is -2.42. The third-order valence-electron chi connectivity index (χ3n) is 2.70.